The zero-order valence-corrected chi connectivity index (χ0v) is 10.1. The smallest absolute Gasteiger partial charge is 0.322 e. The van der Waals surface area contributed by atoms with Gasteiger partial charge >= 0.3 is 11.9 Å². The van der Waals surface area contributed by atoms with Crippen LogP contribution in [0, 0.1) is 10.8 Å². The molecule has 0 spiro atoms. The van der Waals surface area contributed by atoms with Gasteiger partial charge in [0.2, 0.25) is 0 Å². The lowest BCUT2D eigenvalue weighted by Crippen LogP contribution is -2.38. The van der Waals surface area contributed by atoms with Gasteiger partial charge in [-0.15, -0.1) is 0 Å². The van der Waals surface area contributed by atoms with E-state index in [1.165, 1.54) is 14.0 Å². The van der Waals surface area contributed by atoms with E-state index in [2.05, 4.69) is 4.74 Å². The number of carboxylic acid groups (broad SMARTS) is 1. The molecule has 4 nitrogen and oxygen atoms in total. The molecular weight excluding hydrogens is 196 g/mol. The number of carbonyl (C=O) groups is 2. The van der Waals surface area contributed by atoms with E-state index in [4.69, 9.17) is 5.11 Å². The van der Waals surface area contributed by atoms with Crippen LogP contribution in [0.2, 0.25) is 0 Å². The molecule has 0 aliphatic rings. The maximum Gasteiger partial charge on any atom is 0.322 e. The second-order valence-electron chi connectivity index (χ2n) is 5.19. The highest BCUT2D eigenvalue weighted by atomic mass is 16.5. The molecule has 0 fully saturated rings. The maximum absolute atomic E-state index is 11.4. The number of aliphatic carboxylic acids is 1. The molecule has 0 aliphatic carbocycles. The molecule has 0 rings (SSSR count). The minimum atomic E-state index is -1.43. The first kappa shape index (κ1) is 13.9. The molecule has 0 saturated heterocycles. The Kier molecular flexibility index (Phi) is 4.31. The summed E-state index contributed by atoms with van der Waals surface area (Å²) in [6.07, 6.45) is 0.948. The highest BCUT2D eigenvalue weighted by Crippen LogP contribution is 2.31. The molecule has 1 N–H and O–H groups in total. The summed E-state index contributed by atoms with van der Waals surface area (Å²) in [5.74, 6) is -1.81. The summed E-state index contributed by atoms with van der Waals surface area (Å²) in [6, 6.07) is 0. The Balaban J connectivity index is 4.68. The Labute approximate surface area is 90.6 Å². The molecule has 1 unspecified atom stereocenters. The van der Waals surface area contributed by atoms with Crippen LogP contribution in [0.15, 0.2) is 0 Å². The normalized spacial score (nSPS) is 15.5. The summed E-state index contributed by atoms with van der Waals surface area (Å²) in [5.41, 5.74) is -1.42. The average molecular weight is 216 g/mol. The van der Waals surface area contributed by atoms with Crippen molar-refractivity contribution in [1.29, 1.82) is 0 Å². The van der Waals surface area contributed by atoms with Gasteiger partial charge in [0.1, 0.15) is 0 Å². The van der Waals surface area contributed by atoms with Crippen LogP contribution in [0.4, 0.5) is 0 Å². The van der Waals surface area contributed by atoms with Gasteiger partial charge in [0, 0.05) is 0 Å². The van der Waals surface area contributed by atoms with Gasteiger partial charge < -0.3 is 9.84 Å². The molecule has 0 aromatic carbocycles. The van der Waals surface area contributed by atoms with Crippen LogP contribution >= 0.6 is 0 Å². The molecule has 15 heavy (non-hydrogen) atoms. The molecule has 0 radical (unpaired) electrons. The quantitative estimate of drug-likeness (QED) is 0.577. The number of methoxy groups -OCH3 is 1. The fraction of sp³-hybridized carbons (Fsp3) is 0.818. The molecule has 0 aromatic rings. The van der Waals surface area contributed by atoms with Crippen molar-refractivity contribution in [3.63, 3.8) is 0 Å². The van der Waals surface area contributed by atoms with E-state index >= 15 is 0 Å². The maximum atomic E-state index is 11.4. The van der Waals surface area contributed by atoms with Gasteiger partial charge in [-0.1, -0.05) is 20.8 Å². The molecule has 0 aromatic heterocycles. The monoisotopic (exact) mass is 216 g/mol. The topological polar surface area (TPSA) is 63.6 Å². The van der Waals surface area contributed by atoms with Crippen LogP contribution in [0.3, 0.4) is 0 Å². The lowest BCUT2D eigenvalue weighted by atomic mass is 9.79. The number of esters is 1. The van der Waals surface area contributed by atoms with Crippen LogP contribution in [0.1, 0.15) is 40.5 Å². The third-order valence-electron chi connectivity index (χ3n) is 2.48. The highest BCUT2D eigenvalue weighted by Gasteiger charge is 2.42. The van der Waals surface area contributed by atoms with Gasteiger partial charge in [0.25, 0.3) is 0 Å². The van der Waals surface area contributed by atoms with Crippen molar-refractivity contribution in [3.05, 3.63) is 0 Å². The van der Waals surface area contributed by atoms with Crippen molar-refractivity contribution in [2.75, 3.05) is 7.11 Å². The van der Waals surface area contributed by atoms with E-state index in [0.29, 0.717) is 12.8 Å². The highest BCUT2D eigenvalue weighted by molar-refractivity contribution is 5.98. The molecule has 0 bridgehead atoms. The first-order valence-electron chi connectivity index (χ1n) is 4.95. The summed E-state index contributed by atoms with van der Waals surface area (Å²) in [5, 5.41) is 9.03. The average Bonchev–Trinajstić information content (AvgIpc) is 2.11. The van der Waals surface area contributed by atoms with Crippen LogP contribution in [-0.2, 0) is 14.3 Å². The summed E-state index contributed by atoms with van der Waals surface area (Å²) < 4.78 is 4.52. The van der Waals surface area contributed by atoms with Crippen molar-refractivity contribution in [1.82, 2.24) is 0 Å². The summed E-state index contributed by atoms with van der Waals surface area (Å²) in [7, 11) is 1.21. The molecule has 4 heteroatoms. The standard InChI is InChI=1S/C11H20O4/c1-10(2,3)6-7-11(4,8(12)13)9(14)15-5/h6-7H2,1-5H3,(H,12,13). The Bertz CT molecular complexity index is 252. The lowest BCUT2D eigenvalue weighted by molar-refractivity contribution is -0.166. The minimum absolute atomic E-state index is 0.00469. The Morgan fingerprint density at radius 2 is 1.60 bits per heavy atom. The van der Waals surface area contributed by atoms with Gasteiger partial charge in [-0.2, -0.15) is 0 Å². The first-order valence-corrected chi connectivity index (χ1v) is 4.95. The van der Waals surface area contributed by atoms with Gasteiger partial charge in [-0.3, -0.25) is 9.59 Å². The van der Waals surface area contributed by atoms with Gasteiger partial charge in [-0.05, 0) is 25.2 Å². The van der Waals surface area contributed by atoms with Crippen molar-refractivity contribution in [2.45, 2.75) is 40.5 Å². The second-order valence-corrected chi connectivity index (χ2v) is 5.19. The van der Waals surface area contributed by atoms with E-state index in [9.17, 15) is 9.59 Å². The molecule has 1 atom stereocenters. The van der Waals surface area contributed by atoms with Crippen molar-refractivity contribution >= 4 is 11.9 Å². The predicted molar refractivity (Wildman–Crippen MR) is 56.4 cm³/mol. The molecule has 0 aliphatic heterocycles. The number of carbonyl (C=O) groups excluding carboxylic acids is 1. The molecule has 0 heterocycles. The zero-order valence-electron chi connectivity index (χ0n) is 10.1. The van der Waals surface area contributed by atoms with Gasteiger partial charge in [0.05, 0.1) is 7.11 Å². The van der Waals surface area contributed by atoms with E-state index in [0.717, 1.165) is 0 Å². The Hall–Kier alpha value is -1.06. The Morgan fingerprint density at radius 1 is 1.13 bits per heavy atom. The summed E-state index contributed by atoms with van der Waals surface area (Å²) in [6.45, 7) is 7.43. The first-order chi connectivity index (χ1) is 6.63. The summed E-state index contributed by atoms with van der Waals surface area (Å²) in [4.78, 5) is 22.4. The van der Waals surface area contributed by atoms with Crippen LogP contribution in [0.5, 0.6) is 0 Å². The number of hydrogen-bond acceptors (Lipinski definition) is 3. The fourth-order valence-electron chi connectivity index (χ4n) is 1.15. The number of rotatable bonds is 4. The van der Waals surface area contributed by atoms with Crippen molar-refractivity contribution < 1.29 is 19.4 Å². The van der Waals surface area contributed by atoms with E-state index in [1.54, 1.807) is 0 Å². The zero-order chi connectivity index (χ0) is 12.3. The number of ether oxygens (including phenoxy) is 1. The second kappa shape index (κ2) is 4.64. The van der Waals surface area contributed by atoms with Crippen LogP contribution in [-0.4, -0.2) is 24.2 Å². The van der Waals surface area contributed by atoms with Gasteiger partial charge in [-0.25, -0.2) is 0 Å². The van der Waals surface area contributed by atoms with E-state index in [-0.39, 0.29) is 5.41 Å². The lowest BCUT2D eigenvalue weighted by Gasteiger charge is -2.26. The fourth-order valence-corrected chi connectivity index (χ4v) is 1.15. The van der Waals surface area contributed by atoms with E-state index < -0.39 is 17.4 Å². The number of carboxylic acids is 1. The van der Waals surface area contributed by atoms with Crippen LogP contribution in [0.25, 0.3) is 0 Å². The molecule has 0 saturated carbocycles. The molecular formula is C11H20O4. The third-order valence-corrected chi connectivity index (χ3v) is 2.48. The van der Waals surface area contributed by atoms with Crippen LogP contribution < -0.4 is 0 Å². The van der Waals surface area contributed by atoms with Crippen molar-refractivity contribution in [3.8, 4) is 0 Å². The summed E-state index contributed by atoms with van der Waals surface area (Å²) >= 11 is 0. The third kappa shape index (κ3) is 3.90. The molecule has 88 valence electrons. The predicted octanol–water partition coefficient (Wildman–Crippen LogP) is 2.08. The molecule has 0 amide bonds. The van der Waals surface area contributed by atoms with Gasteiger partial charge in [0.15, 0.2) is 5.41 Å². The van der Waals surface area contributed by atoms with E-state index in [1.807, 2.05) is 20.8 Å². The Morgan fingerprint density at radius 3 is 1.87 bits per heavy atom. The minimum Gasteiger partial charge on any atom is -0.480 e. The SMILES string of the molecule is COC(=O)C(C)(CCC(C)(C)C)C(=O)O. The largest absolute Gasteiger partial charge is 0.480 e. The number of hydrogen-bond donors (Lipinski definition) is 1. The van der Waals surface area contributed by atoms with Crippen molar-refractivity contribution in [2.24, 2.45) is 10.8 Å².